The molecule has 1 fully saturated rings. The van der Waals surface area contributed by atoms with E-state index in [1.807, 2.05) is 13.8 Å². The molecule has 1 aliphatic carbocycles. The predicted molar refractivity (Wildman–Crippen MR) is 83.4 cm³/mol. The standard InChI is InChI=1S/C16H24N4O2/c1-3-9-17-15(22)16(7-5-4-6-8-16)20-14(21)13-11-18-12(2)10-19-13/h10-11H,3-9H2,1-2H3,(H,17,22)(H,20,21). The van der Waals surface area contributed by atoms with Crippen molar-refractivity contribution in [2.75, 3.05) is 6.54 Å². The third-order valence-electron chi connectivity index (χ3n) is 4.04. The highest BCUT2D eigenvalue weighted by Gasteiger charge is 2.40. The molecule has 1 aromatic heterocycles. The number of nitrogens with one attached hydrogen (secondary N) is 2. The van der Waals surface area contributed by atoms with Crippen molar-refractivity contribution in [1.82, 2.24) is 20.6 Å². The van der Waals surface area contributed by atoms with E-state index in [9.17, 15) is 9.59 Å². The Bertz CT molecular complexity index is 521. The first-order valence-electron chi connectivity index (χ1n) is 7.97. The molecule has 0 bridgehead atoms. The van der Waals surface area contributed by atoms with Crippen LogP contribution in [0.4, 0.5) is 0 Å². The second-order valence-corrected chi connectivity index (χ2v) is 5.90. The summed E-state index contributed by atoms with van der Waals surface area (Å²) in [6, 6.07) is 0. The summed E-state index contributed by atoms with van der Waals surface area (Å²) in [5, 5.41) is 5.84. The number of carbonyl (C=O) groups excluding carboxylic acids is 2. The van der Waals surface area contributed by atoms with Gasteiger partial charge in [-0.2, -0.15) is 0 Å². The molecular formula is C16H24N4O2. The minimum absolute atomic E-state index is 0.0810. The van der Waals surface area contributed by atoms with Gasteiger partial charge in [0, 0.05) is 12.7 Å². The Hall–Kier alpha value is -1.98. The Morgan fingerprint density at radius 2 is 1.91 bits per heavy atom. The van der Waals surface area contributed by atoms with Crippen molar-refractivity contribution in [3.63, 3.8) is 0 Å². The number of carbonyl (C=O) groups is 2. The number of hydrogen-bond acceptors (Lipinski definition) is 4. The van der Waals surface area contributed by atoms with Crippen molar-refractivity contribution in [3.05, 3.63) is 23.8 Å². The van der Waals surface area contributed by atoms with Gasteiger partial charge >= 0.3 is 0 Å². The zero-order valence-electron chi connectivity index (χ0n) is 13.3. The van der Waals surface area contributed by atoms with Crippen molar-refractivity contribution in [1.29, 1.82) is 0 Å². The van der Waals surface area contributed by atoms with E-state index in [1.54, 1.807) is 6.20 Å². The number of nitrogens with zero attached hydrogens (tertiary/aromatic N) is 2. The van der Waals surface area contributed by atoms with Gasteiger partial charge in [-0.15, -0.1) is 0 Å². The summed E-state index contributed by atoms with van der Waals surface area (Å²) in [7, 11) is 0. The highest BCUT2D eigenvalue weighted by atomic mass is 16.2. The first-order chi connectivity index (χ1) is 10.6. The fraction of sp³-hybridized carbons (Fsp3) is 0.625. The van der Waals surface area contributed by atoms with Crippen molar-refractivity contribution in [3.8, 4) is 0 Å². The molecule has 0 radical (unpaired) electrons. The van der Waals surface area contributed by atoms with E-state index in [0.717, 1.165) is 31.4 Å². The lowest BCUT2D eigenvalue weighted by molar-refractivity contribution is -0.128. The molecular weight excluding hydrogens is 280 g/mol. The Labute approximate surface area is 131 Å². The van der Waals surface area contributed by atoms with Gasteiger partial charge in [-0.3, -0.25) is 14.6 Å². The van der Waals surface area contributed by atoms with Crippen LogP contribution in [-0.2, 0) is 4.79 Å². The van der Waals surface area contributed by atoms with Crippen LogP contribution in [0.2, 0.25) is 0 Å². The van der Waals surface area contributed by atoms with Crippen molar-refractivity contribution in [2.45, 2.75) is 57.9 Å². The highest BCUT2D eigenvalue weighted by molar-refractivity contribution is 5.97. The summed E-state index contributed by atoms with van der Waals surface area (Å²) < 4.78 is 0. The van der Waals surface area contributed by atoms with Crippen LogP contribution in [0.5, 0.6) is 0 Å². The molecule has 6 nitrogen and oxygen atoms in total. The first kappa shape index (κ1) is 16.4. The third kappa shape index (κ3) is 3.81. The topological polar surface area (TPSA) is 84.0 Å². The van der Waals surface area contributed by atoms with E-state index in [2.05, 4.69) is 20.6 Å². The van der Waals surface area contributed by atoms with Gasteiger partial charge in [0.1, 0.15) is 11.2 Å². The Kier molecular flexibility index (Phi) is 5.46. The predicted octanol–water partition coefficient (Wildman–Crippen LogP) is 1.74. The van der Waals surface area contributed by atoms with Crippen molar-refractivity contribution < 1.29 is 9.59 Å². The van der Waals surface area contributed by atoms with Crippen LogP contribution in [0.15, 0.2) is 12.4 Å². The Morgan fingerprint density at radius 3 is 2.50 bits per heavy atom. The molecule has 1 heterocycles. The summed E-state index contributed by atoms with van der Waals surface area (Å²) in [4.78, 5) is 33.1. The maximum Gasteiger partial charge on any atom is 0.272 e. The van der Waals surface area contributed by atoms with Gasteiger partial charge < -0.3 is 10.6 Å². The summed E-state index contributed by atoms with van der Waals surface area (Å²) >= 11 is 0. The van der Waals surface area contributed by atoms with Gasteiger partial charge in [0.05, 0.1) is 11.9 Å². The van der Waals surface area contributed by atoms with E-state index >= 15 is 0 Å². The molecule has 2 N–H and O–H groups in total. The molecule has 2 rings (SSSR count). The van der Waals surface area contributed by atoms with Crippen LogP contribution in [0.1, 0.15) is 61.6 Å². The van der Waals surface area contributed by atoms with Gasteiger partial charge in [0.25, 0.3) is 5.91 Å². The van der Waals surface area contributed by atoms with E-state index < -0.39 is 5.54 Å². The normalized spacial score (nSPS) is 16.8. The fourth-order valence-electron chi connectivity index (χ4n) is 2.76. The lowest BCUT2D eigenvalue weighted by Crippen LogP contribution is -2.59. The van der Waals surface area contributed by atoms with Crippen LogP contribution in [0.25, 0.3) is 0 Å². The fourth-order valence-corrected chi connectivity index (χ4v) is 2.76. The smallest absolute Gasteiger partial charge is 0.272 e. The third-order valence-corrected chi connectivity index (χ3v) is 4.04. The molecule has 0 unspecified atom stereocenters. The number of aromatic nitrogens is 2. The number of rotatable bonds is 5. The van der Waals surface area contributed by atoms with E-state index in [4.69, 9.17) is 0 Å². The molecule has 1 saturated carbocycles. The van der Waals surface area contributed by atoms with Crippen molar-refractivity contribution in [2.24, 2.45) is 0 Å². The van der Waals surface area contributed by atoms with Gasteiger partial charge in [-0.25, -0.2) is 4.98 Å². The molecule has 0 aromatic carbocycles. The Morgan fingerprint density at radius 1 is 1.18 bits per heavy atom. The van der Waals surface area contributed by atoms with Gasteiger partial charge in [-0.1, -0.05) is 26.2 Å². The minimum atomic E-state index is -0.808. The van der Waals surface area contributed by atoms with Gasteiger partial charge in [-0.05, 0) is 26.2 Å². The molecule has 1 aliphatic rings. The maximum atomic E-state index is 12.5. The average Bonchev–Trinajstić information content (AvgIpc) is 2.54. The highest BCUT2D eigenvalue weighted by Crippen LogP contribution is 2.28. The van der Waals surface area contributed by atoms with Gasteiger partial charge in [0.2, 0.25) is 5.91 Å². The second-order valence-electron chi connectivity index (χ2n) is 5.90. The number of aryl methyl sites for hydroxylation is 1. The van der Waals surface area contributed by atoms with Crippen LogP contribution < -0.4 is 10.6 Å². The number of amides is 2. The Balaban J connectivity index is 2.13. The van der Waals surface area contributed by atoms with Gasteiger partial charge in [0.15, 0.2) is 0 Å². The molecule has 0 saturated heterocycles. The van der Waals surface area contributed by atoms with Crippen LogP contribution in [0.3, 0.4) is 0 Å². The average molecular weight is 304 g/mol. The molecule has 0 atom stereocenters. The molecule has 1 aromatic rings. The summed E-state index contributed by atoms with van der Waals surface area (Å²) in [6.07, 6.45) is 8.22. The van der Waals surface area contributed by atoms with E-state index in [0.29, 0.717) is 19.4 Å². The molecule has 0 spiro atoms. The van der Waals surface area contributed by atoms with Crippen molar-refractivity contribution >= 4 is 11.8 Å². The first-order valence-corrected chi connectivity index (χ1v) is 7.97. The number of hydrogen-bond donors (Lipinski definition) is 2. The van der Waals surface area contributed by atoms with Crippen LogP contribution in [-0.4, -0.2) is 33.9 Å². The zero-order valence-corrected chi connectivity index (χ0v) is 13.3. The maximum absolute atomic E-state index is 12.5. The van der Waals surface area contributed by atoms with Crippen LogP contribution in [0, 0.1) is 6.92 Å². The van der Waals surface area contributed by atoms with E-state index in [1.165, 1.54) is 6.20 Å². The summed E-state index contributed by atoms with van der Waals surface area (Å²) in [5.74, 6) is -0.413. The second kappa shape index (κ2) is 7.33. The quantitative estimate of drug-likeness (QED) is 0.868. The monoisotopic (exact) mass is 304 g/mol. The summed E-state index contributed by atoms with van der Waals surface area (Å²) in [6.45, 7) is 4.45. The van der Waals surface area contributed by atoms with Crippen LogP contribution >= 0.6 is 0 Å². The lowest BCUT2D eigenvalue weighted by atomic mass is 9.80. The molecule has 2 amide bonds. The molecule has 0 aliphatic heterocycles. The largest absolute Gasteiger partial charge is 0.354 e. The minimum Gasteiger partial charge on any atom is -0.354 e. The lowest BCUT2D eigenvalue weighted by Gasteiger charge is -2.36. The molecule has 6 heteroatoms. The molecule has 22 heavy (non-hydrogen) atoms. The zero-order chi connectivity index (χ0) is 16.0. The summed E-state index contributed by atoms with van der Waals surface area (Å²) in [5.41, 5.74) is 0.195. The molecule has 120 valence electrons. The SMILES string of the molecule is CCCNC(=O)C1(NC(=O)c2cnc(C)cn2)CCCCC1. The van der Waals surface area contributed by atoms with E-state index in [-0.39, 0.29) is 17.5 Å².